The van der Waals surface area contributed by atoms with Crippen LogP contribution in [0.15, 0.2) is 18.2 Å². The summed E-state index contributed by atoms with van der Waals surface area (Å²) in [6.07, 6.45) is 1.70. The molecule has 1 heterocycles. The summed E-state index contributed by atoms with van der Waals surface area (Å²) in [5.41, 5.74) is 1.78. The van der Waals surface area contributed by atoms with Crippen LogP contribution in [0.1, 0.15) is 50.1 Å². The highest BCUT2D eigenvalue weighted by molar-refractivity contribution is 7.18. The van der Waals surface area contributed by atoms with Gasteiger partial charge in [-0.2, -0.15) is 0 Å². The Morgan fingerprint density at radius 3 is 2.83 bits per heavy atom. The van der Waals surface area contributed by atoms with Gasteiger partial charge in [-0.05, 0) is 63.1 Å². The van der Waals surface area contributed by atoms with E-state index in [0.717, 1.165) is 28.1 Å². The summed E-state index contributed by atoms with van der Waals surface area (Å²) in [7, 11) is 0. The minimum absolute atomic E-state index is 0.291. The molecular formula is C18H24N2O3S. The fourth-order valence-electron chi connectivity index (χ4n) is 2.94. The fraction of sp³-hybridized carbons (Fsp3) is 0.556. The van der Waals surface area contributed by atoms with Crippen molar-refractivity contribution in [1.29, 1.82) is 0 Å². The Labute approximate surface area is 146 Å². The smallest absolute Gasteiger partial charge is 0.408 e. The second-order valence-electron chi connectivity index (χ2n) is 7.41. The van der Waals surface area contributed by atoms with Crippen molar-refractivity contribution in [2.24, 2.45) is 5.92 Å². The van der Waals surface area contributed by atoms with E-state index in [2.05, 4.69) is 22.4 Å². The van der Waals surface area contributed by atoms with Crippen LogP contribution in [0.25, 0.3) is 10.2 Å². The quantitative estimate of drug-likeness (QED) is 0.881. The number of nitrogens with zero attached hydrogens (tertiary/aromatic N) is 1. The number of ether oxygens (including phenoxy) is 1. The highest BCUT2D eigenvalue weighted by Crippen LogP contribution is 2.42. The monoisotopic (exact) mass is 348 g/mol. The van der Waals surface area contributed by atoms with Gasteiger partial charge < -0.3 is 15.2 Å². The molecule has 1 aliphatic rings. The third kappa shape index (κ3) is 4.05. The molecule has 0 atom stereocenters. The molecule has 0 spiro atoms. The maximum atomic E-state index is 11.7. The number of carbonyl (C=O) groups excluding carboxylic acids is 1. The van der Waals surface area contributed by atoms with Crippen LogP contribution in [-0.2, 0) is 11.3 Å². The standard InChI is InChI=1S/C18H24N2O3S/c1-18(2,3)23-17(22)19-9-16-20-14-5-4-12(8-15(14)24-16)13-6-11(7-13)10-21/h4-5,8,11,13,21H,6-7,9-10H2,1-3H3,(H,19,22). The van der Waals surface area contributed by atoms with Crippen LogP contribution in [0.4, 0.5) is 4.79 Å². The molecule has 0 aliphatic heterocycles. The van der Waals surface area contributed by atoms with Crippen molar-refractivity contribution < 1.29 is 14.6 Å². The molecule has 1 aliphatic carbocycles. The van der Waals surface area contributed by atoms with Gasteiger partial charge in [0.15, 0.2) is 0 Å². The normalized spacial score (nSPS) is 20.7. The van der Waals surface area contributed by atoms with E-state index in [4.69, 9.17) is 9.84 Å². The first-order valence-electron chi connectivity index (χ1n) is 8.31. The van der Waals surface area contributed by atoms with Gasteiger partial charge in [-0.25, -0.2) is 9.78 Å². The number of amides is 1. The van der Waals surface area contributed by atoms with E-state index in [0.29, 0.717) is 25.0 Å². The molecule has 1 saturated carbocycles. The number of hydrogen-bond acceptors (Lipinski definition) is 5. The number of thiazole rings is 1. The van der Waals surface area contributed by atoms with Crippen LogP contribution in [0.5, 0.6) is 0 Å². The molecule has 5 nitrogen and oxygen atoms in total. The highest BCUT2D eigenvalue weighted by Gasteiger charge is 2.29. The molecule has 2 N–H and O–H groups in total. The van der Waals surface area contributed by atoms with Crippen LogP contribution >= 0.6 is 11.3 Å². The molecular weight excluding hydrogens is 324 g/mol. The zero-order valence-electron chi connectivity index (χ0n) is 14.3. The topological polar surface area (TPSA) is 71.5 Å². The number of fused-ring (bicyclic) bond motifs is 1. The van der Waals surface area contributed by atoms with Gasteiger partial charge in [0.1, 0.15) is 10.6 Å². The van der Waals surface area contributed by atoms with E-state index in [1.165, 1.54) is 5.56 Å². The predicted octanol–water partition coefficient (Wildman–Crippen LogP) is 3.81. The van der Waals surface area contributed by atoms with E-state index in [9.17, 15) is 4.79 Å². The average molecular weight is 348 g/mol. The van der Waals surface area contributed by atoms with Gasteiger partial charge in [-0.1, -0.05) is 6.07 Å². The molecule has 3 rings (SSSR count). The Balaban J connectivity index is 1.63. The Morgan fingerprint density at radius 1 is 1.42 bits per heavy atom. The molecule has 1 aromatic carbocycles. The van der Waals surface area contributed by atoms with E-state index in [1.807, 2.05) is 26.8 Å². The van der Waals surface area contributed by atoms with Gasteiger partial charge in [-0.3, -0.25) is 0 Å². The number of rotatable bonds is 4. The van der Waals surface area contributed by atoms with Gasteiger partial charge in [0.05, 0.1) is 16.8 Å². The van der Waals surface area contributed by atoms with Crippen molar-refractivity contribution in [2.75, 3.05) is 6.61 Å². The number of hydrogen-bond donors (Lipinski definition) is 2. The Kier molecular flexibility index (Phi) is 4.78. The molecule has 0 radical (unpaired) electrons. The summed E-state index contributed by atoms with van der Waals surface area (Å²) >= 11 is 1.60. The van der Waals surface area contributed by atoms with Gasteiger partial charge in [0.25, 0.3) is 0 Å². The number of alkyl carbamates (subject to hydrolysis) is 1. The first kappa shape index (κ1) is 17.2. The van der Waals surface area contributed by atoms with Crippen molar-refractivity contribution in [3.8, 4) is 0 Å². The maximum absolute atomic E-state index is 11.7. The predicted molar refractivity (Wildman–Crippen MR) is 95.2 cm³/mol. The lowest BCUT2D eigenvalue weighted by Gasteiger charge is -2.34. The molecule has 2 aromatic rings. The number of nitrogens with one attached hydrogen (secondary N) is 1. The number of carbonyl (C=O) groups is 1. The van der Waals surface area contributed by atoms with Crippen LogP contribution in [0, 0.1) is 5.92 Å². The van der Waals surface area contributed by atoms with Crippen molar-refractivity contribution in [2.45, 2.75) is 51.7 Å². The summed E-state index contributed by atoms with van der Waals surface area (Å²) in [4.78, 5) is 16.3. The molecule has 1 aromatic heterocycles. The summed E-state index contributed by atoms with van der Waals surface area (Å²) in [5, 5.41) is 12.8. The second kappa shape index (κ2) is 6.69. The maximum Gasteiger partial charge on any atom is 0.408 e. The lowest BCUT2D eigenvalue weighted by atomic mass is 9.72. The third-order valence-electron chi connectivity index (χ3n) is 4.20. The Hall–Kier alpha value is -1.66. The summed E-state index contributed by atoms with van der Waals surface area (Å²) in [6, 6.07) is 6.37. The molecule has 0 unspecified atom stereocenters. The lowest BCUT2D eigenvalue weighted by molar-refractivity contribution is 0.0523. The van der Waals surface area contributed by atoms with Gasteiger partial charge in [0, 0.05) is 6.61 Å². The van der Waals surface area contributed by atoms with Crippen LogP contribution in [0.2, 0.25) is 0 Å². The molecule has 130 valence electrons. The largest absolute Gasteiger partial charge is 0.444 e. The zero-order valence-corrected chi connectivity index (χ0v) is 15.2. The minimum atomic E-state index is -0.498. The highest BCUT2D eigenvalue weighted by atomic mass is 32.1. The second-order valence-corrected chi connectivity index (χ2v) is 8.52. The van der Waals surface area contributed by atoms with E-state index < -0.39 is 11.7 Å². The first-order valence-corrected chi connectivity index (χ1v) is 9.13. The molecule has 24 heavy (non-hydrogen) atoms. The summed E-state index contributed by atoms with van der Waals surface area (Å²) in [6.45, 7) is 6.19. The average Bonchev–Trinajstić information content (AvgIpc) is 2.84. The molecule has 6 heteroatoms. The third-order valence-corrected chi connectivity index (χ3v) is 5.22. The van der Waals surface area contributed by atoms with Crippen LogP contribution in [-0.4, -0.2) is 28.4 Å². The molecule has 0 bridgehead atoms. The van der Waals surface area contributed by atoms with E-state index >= 15 is 0 Å². The zero-order chi connectivity index (χ0) is 17.3. The van der Waals surface area contributed by atoms with Gasteiger partial charge in [-0.15, -0.1) is 11.3 Å². The Morgan fingerprint density at radius 2 is 2.17 bits per heavy atom. The molecule has 1 fully saturated rings. The summed E-state index contributed by atoms with van der Waals surface area (Å²) in [5.74, 6) is 1.01. The number of aromatic nitrogens is 1. The van der Waals surface area contributed by atoms with Gasteiger partial charge >= 0.3 is 6.09 Å². The lowest BCUT2D eigenvalue weighted by Crippen LogP contribution is -2.32. The van der Waals surface area contributed by atoms with Crippen LogP contribution in [0.3, 0.4) is 0 Å². The van der Waals surface area contributed by atoms with Crippen molar-refractivity contribution in [1.82, 2.24) is 10.3 Å². The summed E-state index contributed by atoms with van der Waals surface area (Å²) < 4.78 is 6.37. The van der Waals surface area contributed by atoms with Crippen molar-refractivity contribution in [3.05, 3.63) is 28.8 Å². The van der Waals surface area contributed by atoms with Crippen molar-refractivity contribution in [3.63, 3.8) is 0 Å². The SMILES string of the molecule is CC(C)(C)OC(=O)NCc1nc2ccc(C3CC(CO)C3)cc2s1. The molecule has 1 amide bonds. The minimum Gasteiger partial charge on any atom is -0.444 e. The number of aliphatic hydroxyl groups is 1. The number of benzene rings is 1. The Bertz CT molecular complexity index is 729. The first-order chi connectivity index (χ1) is 11.3. The fourth-order valence-corrected chi connectivity index (χ4v) is 3.89. The van der Waals surface area contributed by atoms with Crippen molar-refractivity contribution >= 4 is 27.6 Å². The molecule has 0 saturated heterocycles. The number of aliphatic hydroxyl groups excluding tert-OH is 1. The van der Waals surface area contributed by atoms with E-state index in [1.54, 1.807) is 11.3 Å². The van der Waals surface area contributed by atoms with Gasteiger partial charge in [0.2, 0.25) is 0 Å². The van der Waals surface area contributed by atoms with Crippen LogP contribution < -0.4 is 5.32 Å². The van der Waals surface area contributed by atoms with E-state index in [-0.39, 0.29) is 0 Å².